The lowest BCUT2D eigenvalue weighted by Crippen LogP contribution is -2.21. The van der Waals surface area contributed by atoms with E-state index in [2.05, 4.69) is 25.6 Å². The van der Waals surface area contributed by atoms with Crippen molar-refractivity contribution in [1.29, 1.82) is 0 Å². The molecule has 5 rings (SSSR count). The molecule has 0 bridgehead atoms. The Bertz CT molecular complexity index is 1690. The van der Waals surface area contributed by atoms with Crippen LogP contribution in [0.4, 0.5) is 15.9 Å². The number of nitrogens with zero attached hydrogens (tertiary/aromatic N) is 3. The minimum Gasteiger partial charge on any atom is -0.489 e. The molecular formula is C28H26FN5O4S. The Morgan fingerprint density at radius 3 is 2.64 bits per heavy atom. The lowest BCUT2D eigenvalue weighted by atomic mass is 10.2. The van der Waals surface area contributed by atoms with Gasteiger partial charge in [-0.3, -0.25) is 4.98 Å². The van der Waals surface area contributed by atoms with Crippen molar-refractivity contribution in [2.45, 2.75) is 13.2 Å². The summed E-state index contributed by atoms with van der Waals surface area (Å²) in [4.78, 5) is 13.2. The number of nitrogens with one attached hydrogen (secondary N) is 2. The smallest absolute Gasteiger partial charge is 0.152 e. The lowest BCUT2D eigenvalue weighted by Gasteiger charge is -2.10. The highest BCUT2D eigenvalue weighted by Gasteiger charge is 2.11. The first kappa shape index (κ1) is 26.3. The number of hydrogen-bond donors (Lipinski definition) is 2. The van der Waals surface area contributed by atoms with E-state index < -0.39 is 9.84 Å². The molecule has 0 aliphatic rings. The van der Waals surface area contributed by atoms with Gasteiger partial charge in [0.05, 0.1) is 24.0 Å². The number of furan rings is 1. The third-order valence-electron chi connectivity index (χ3n) is 5.80. The maximum atomic E-state index is 13.4. The van der Waals surface area contributed by atoms with Gasteiger partial charge in [-0.1, -0.05) is 12.1 Å². The molecule has 0 radical (unpaired) electrons. The van der Waals surface area contributed by atoms with Gasteiger partial charge in [0, 0.05) is 23.9 Å². The number of pyridine rings is 1. The summed E-state index contributed by atoms with van der Waals surface area (Å²) >= 11 is 0. The van der Waals surface area contributed by atoms with Crippen molar-refractivity contribution in [3.63, 3.8) is 0 Å². The third-order valence-corrected chi connectivity index (χ3v) is 6.74. The molecule has 0 saturated heterocycles. The molecule has 2 aromatic carbocycles. The highest BCUT2D eigenvalue weighted by Crippen LogP contribution is 2.28. The predicted molar refractivity (Wildman–Crippen MR) is 147 cm³/mol. The monoisotopic (exact) mass is 547 g/mol. The van der Waals surface area contributed by atoms with Gasteiger partial charge < -0.3 is 19.8 Å². The van der Waals surface area contributed by atoms with E-state index >= 15 is 0 Å². The summed E-state index contributed by atoms with van der Waals surface area (Å²) in [6, 6.07) is 19.2. The highest BCUT2D eigenvalue weighted by molar-refractivity contribution is 7.90. The number of sulfone groups is 1. The van der Waals surface area contributed by atoms with Gasteiger partial charge >= 0.3 is 0 Å². The second kappa shape index (κ2) is 11.6. The van der Waals surface area contributed by atoms with Crippen LogP contribution in [-0.4, -0.2) is 41.9 Å². The molecule has 0 spiro atoms. The van der Waals surface area contributed by atoms with Crippen LogP contribution in [0.2, 0.25) is 0 Å². The molecule has 2 N–H and O–H groups in total. The van der Waals surface area contributed by atoms with Crippen molar-refractivity contribution in [3.8, 4) is 17.2 Å². The fourth-order valence-electron chi connectivity index (χ4n) is 3.84. The number of halogens is 1. The molecule has 11 heteroatoms. The number of benzene rings is 2. The Morgan fingerprint density at radius 1 is 1.00 bits per heavy atom. The van der Waals surface area contributed by atoms with E-state index in [-0.39, 0.29) is 18.2 Å². The second-order valence-corrected chi connectivity index (χ2v) is 11.2. The molecule has 39 heavy (non-hydrogen) atoms. The molecule has 0 fully saturated rings. The zero-order valence-electron chi connectivity index (χ0n) is 21.1. The first-order valence-corrected chi connectivity index (χ1v) is 14.2. The van der Waals surface area contributed by atoms with Gasteiger partial charge in [0.2, 0.25) is 0 Å². The summed E-state index contributed by atoms with van der Waals surface area (Å²) in [5, 5.41) is 7.14. The van der Waals surface area contributed by atoms with Crippen molar-refractivity contribution in [2.24, 2.45) is 0 Å². The number of ether oxygens (including phenoxy) is 1. The van der Waals surface area contributed by atoms with Crippen LogP contribution in [0.25, 0.3) is 22.4 Å². The Balaban J connectivity index is 1.26. The van der Waals surface area contributed by atoms with E-state index in [1.54, 1.807) is 12.3 Å². The quantitative estimate of drug-likeness (QED) is 0.223. The van der Waals surface area contributed by atoms with Gasteiger partial charge in [0.15, 0.2) is 5.76 Å². The van der Waals surface area contributed by atoms with E-state index in [0.717, 1.165) is 16.6 Å². The topological polar surface area (TPSA) is 119 Å². The molecule has 3 aromatic heterocycles. The highest BCUT2D eigenvalue weighted by atomic mass is 32.2. The maximum Gasteiger partial charge on any atom is 0.152 e. The summed E-state index contributed by atoms with van der Waals surface area (Å²) in [6.45, 7) is 1.01. The van der Waals surface area contributed by atoms with Gasteiger partial charge in [-0.2, -0.15) is 0 Å². The SMILES string of the molecule is CS(=O)(=O)CCNCc1ccc(-c2cc3c(Nc4ccc(OCc5cccc(F)c5)cc4)ncnc3cn2)o1. The summed E-state index contributed by atoms with van der Waals surface area (Å²) in [5.41, 5.74) is 2.83. The summed E-state index contributed by atoms with van der Waals surface area (Å²) < 4.78 is 47.6. The van der Waals surface area contributed by atoms with Crippen molar-refractivity contribution in [2.75, 3.05) is 23.9 Å². The van der Waals surface area contributed by atoms with Crippen LogP contribution >= 0.6 is 0 Å². The zero-order chi connectivity index (χ0) is 27.2. The molecule has 5 aromatic rings. The normalized spacial score (nSPS) is 11.5. The predicted octanol–water partition coefficient (Wildman–Crippen LogP) is 4.88. The van der Waals surface area contributed by atoms with E-state index in [0.29, 0.717) is 47.4 Å². The van der Waals surface area contributed by atoms with E-state index in [1.807, 2.05) is 48.5 Å². The van der Waals surface area contributed by atoms with E-state index in [4.69, 9.17) is 9.15 Å². The maximum absolute atomic E-state index is 13.4. The summed E-state index contributed by atoms with van der Waals surface area (Å²) in [7, 11) is -3.02. The van der Waals surface area contributed by atoms with Crippen molar-refractivity contribution < 1.29 is 22.0 Å². The van der Waals surface area contributed by atoms with E-state index in [9.17, 15) is 12.8 Å². The Hall–Kier alpha value is -4.35. The fourth-order valence-corrected chi connectivity index (χ4v) is 4.35. The molecular weight excluding hydrogens is 521 g/mol. The second-order valence-electron chi connectivity index (χ2n) is 8.95. The molecule has 0 aliphatic carbocycles. The van der Waals surface area contributed by atoms with Gasteiger partial charge in [-0.25, -0.2) is 22.8 Å². The molecule has 0 unspecified atom stereocenters. The standard InChI is InChI=1S/C28H26FN5O4S/c1-39(35,36)12-11-30-15-23-9-10-27(38-23)25-14-24-26(16-31-25)32-18-33-28(24)34-21-5-7-22(8-6-21)37-17-19-3-2-4-20(29)13-19/h2-10,13-14,16,18,30H,11-12,15,17H2,1H3,(H,32,33,34). The average molecular weight is 548 g/mol. The van der Waals surface area contributed by atoms with Crippen LogP contribution in [0.1, 0.15) is 11.3 Å². The van der Waals surface area contributed by atoms with Crippen LogP contribution in [0.5, 0.6) is 5.75 Å². The fraction of sp³-hybridized carbons (Fsp3) is 0.179. The Kier molecular flexibility index (Phi) is 7.80. The van der Waals surface area contributed by atoms with Crippen molar-refractivity contribution in [1.82, 2.24) is 20.3 Å². The van der Waals surface area contributed by atoms with Crippen molar-refractivity contribution in [3.05, 3.63) is 96.4 Å². The summed E-state index contributed by atoms with van der Waals surface area (Å²) in [6.07, 6.45) is 4.34. The number of aromatic nitrogens is 3. The van der Waals surface area contributed by atoms with Gasteiger partial charge in [-0.05, 0) is 60.2 Å². The summed E-state index contributed by atoms with van der Waals surface area (Å²) in [5.74, 6) is 2.27. The average Bonchev–Trinajstić information content (AvgIpc) is 3.39. The van der Waals surface area contributed by atoms with Gasteiger partial charge in [0.1, 0.15) is 51.6 Å². The minimum atomic E-state index is -3.02. The largest absolute Gasteiger partial charge is 0.489 e. The zero-order valence-corrected chi connectivity index (χ0v) is 21.9. The number of anilines is 2. The van der Waals surface area contributed by atoms with Crippen molar-refractivity contribution >= 4 is 32.2 Å². The number of rotatable bonds is 11. The third kappa shape index (κ3) is 7.15. The number of hydrogen-bond acceptors (Lipinski definition) is 9. The molecule has 200 valence electrons. The van der Waals surface area contributed by atoms with Crippen LogP contribution in [0.15, 0.2) is 83.7 Å². The molecule has 0 amide bonds. The molecule has 0 atom stereocenters. The minimum absolute atomic E-state index is 0.0627. The first-order valence-electron chi connectivity index (χ1n) is 12.1. The van der Waals surface area contributed by atoms with Gasteiger partial charge in [0.25, 0.3) is 0 Å². The molecule has 3 heterocycles. The first-order chi connectivity index (χ1) is 18.8. The van der Waals surface area contributed by atoms with Crippen LogP contribution in [0, 0.1) is 5.82 Å². The number of fused-ring (bicyclic) bond motifs is 1. The molecule has 0 saturated carbocycles. The molecule has 0 aliphatic heterocycles. The molecule has 9 nitrogen and oxygen atoms in total. The Morgan fingerprint density at radius 2 is 1.85 bits per heavy atom. The lowest BCUT2D eigenvalue weighted by molar-refractivity contribution is 0.305. The van der Waals surface area contributed by atoms with Crippen LogP contribution < -0.4 is 15.4 Å². The van der Waals surface area contributed by atoms with Crippen LogP contribution in [-0.2, 0) is 23.0 Å². The van der Waals surface area contributed by atoms with Crippen LogP contribution in [0.3, 0.4) is 0 Å². The van der Waals surface area contributed by atoms with E-state index in [1.165, 1.54) is 24.7 Å². The Labute approximate surface area is 225 Å². The van der Waals surface area contributed by atoms with Gasteiger partial charge in [-0.15, -0.1) is 0 Å².